The Morgan fingerprint density at radius 2 is 1.88 bits per heavy atom. The second-order valence-corrected chi connectivity index (χ2v) is 9.17. The predicted molar refractivity (Wildman–Crippen MR) is 130 cm³/mol. The summed E-state index contributed by atoms with van der Waals surface area (Å²) in [5.41, 5.74) is 3.29. The molecule has 0 aliphatic rings. The highest BCUT2D eigenvalue weighted by atomic mass is 32.1. The van der Waals surface area contributed by atoms with Crippen LogP contribution >= 0.6 is 22.7 Å². The van der Waals surface area contributed by atoms with E-state index < -0.39 is 0 Å². The maximum atomic E-state index is 14.0. The monoisotopic (exact) mass is 480 g/mol. The second kappa shape index (κ2) is 10.5. The van der Waals surface area contributed by atoms with Gasteiger partial charge in [0.15, 0.2) is 5.13 Å². The van der Waals surface area contributed by atoms with Gasteiger partial charge >= 0.3 is 0 Å². The number of benzene rings is 2. The van der Waals surface area contributed by atoms with Crippen molar-refractivity contribution in [2.45, 2.75) is 19.8 Å². The Labute approximate surface area is 198 Å². The van der Waals surface area contributed by atoms with Gasteiger partial charge in [-0.3, -0.25) is 14.9 Å². The molecule has 0 atom stereocenters. The molecule has 0 saturated heterocycles. The normalized spacial score (nSPS) is 10.7. The maximum Gasteiger partial charge on any atom is 0.269 e. The predicted octanol–water partition coefficient (Wildman–Crippen LogP) is 5.39. The van der Waals surface area contributed by atoms with Gasteiger partial charge in [-0.15, -0.1) is 22.7 Å². The van der Waals surface area contributed by atoms with Crippen LogP contribution in [-0.4, -0.2) is 28.3 Å². The fourth-order valence-electron chi connectivity index (χ4n) is 3.16. The fourth-order valence-corrected chi connectivity index (χ4v) is 4.71. The first kappa shape index (κ1) is 22.8. The molecule has 0 aliphatic carbocycles. The first-order valence-electron chi connectivity index (χ1n) is 10.3. The van der Waals surface area contributed by atoms with E-state index in [2.05, 4.69) is 20.6 Å². The third-order valence-corrected chi connectivity index (χ3v) is 6.61. The summed E-state index contributed by atoms with van der Waals surface area (Å²) in [5.74, 6) is -0.717. The Morgan fingerprint density at radius 1 is 1.09 bits per heavy atom. The summed E-state index contributed by atoms with van der Waals surface area (Å²) in [6.07, 6.45) is 3.20. The van der Waals surface area contributed by atoms with Gasteiger partial charge in [-0.05, 0) is 30.5 Å². The smallest absolute Gasteiger partial charge is 0.269 e. The Balaban J connectivity index is 1.36. The highest BCUT2D eigenvalue weighted by molar-refractivity contribution is 7.17. The van der Waals surface area contributed by atoms with E-state index in [1.54, 1.807) is 18.2 Å². The average molecular weight is 481 g/mol. The number of hydrogen-bond donors (Lipinski definition) is 2. The van der Waals surface area contributed by atoms with Crippen molar-refractivity contribution in [2.75, 3.05) is 11.9 Å². The van der Waals surface area contributed by atoms with Crippen LogP contribution in [0.4, 0.5) is 9.52 Å². The van der Waals surface area contributed by atoms with E-state index in [0.29, 0.717) is 27.1 Å². The van der Waals surface area contributed by atoms with Crippen molar-refractivity contribution in [1.82, 2.24) is 15.3 Å². The van der Waals surface area contributed by atoms with Crippen molar-refractivity contribution in [3.8, 4) is 21.8 Å². The zero-order valence-electron chi connectivity index (χ0n) is 17.8. The molecule has 2 amide bonds. The quantitative estimate of drug-likeness (QED) is 0.331. The molecule has 0 spiro atoms. The van der Waals surface area contributed by atoms with Crippen molar-refractivity contribution in [3.05, 3.63) is 76.4 Å². The molecule has 2 aromatic heterocycles. The number of anilines is 1. The van der Waals surface area contributed by atoms with Crippen LogP contribution in [-0.2, 0) is 11.2 Å². The molecule has 0 radical (unpaired) electrons. The Bertz CT molecular complexity index is 1270. The van der Waals surface area contributed by atoms with Gasteiger partial charge in [0.25, 0.3) is 5.91 Å². The van der Waals surface area contributed by atoms with E-state index in [4.69, 9.17) is 0 Å². The summed E-state index contributed by atoms with van der Waals surface area (Å²) in [5, 5.41) is 8.41. The van der Waals surface area contributed by atoms with Crippen molar-refractivity contribution in [3.63, 3.8) is 0 Å². The maximum absolute atomic E-state index is 14.0. The molecule has 2 heterocycles. The Kier molecular flexibility index (Phi) is 7.21. The molecule has 0 unspecified atom stereocenters. The minimum atomic E-state index is -0.373. The van der Waals surface area contributed by atoms with Crippen molar-refractivity contribution < 1.29 is 14.0 Å². The first-order chi connectivity index (χ1) is 16.0. The molecule has 6 nitrogen and oxygen atoms in total. The summed E-state index contributed by atoms with van der Waals surface area (Å²) in [7, 11) is 0. The Hall–Kier alpha value is -3.43. The van der Waals surface area contributed by atoms with Gasteiger partial charge in [0.2, 0.25) is 5.91 Å². The molecule has 0 bridgehead atoms. The van der Waals surface area contributed by atoms with Crippen LogP contribution in [0, 0.1) is 5.82 Å². The van der Waals surface area contributed by atoms with Crippen LogP contribution in [0.3, 0.4) is 0 Å². The summed E-state index contributed by atoms with van der Waals surface area (Å²) in [6.45, 7) is 2.17. The molecule has 9 heteroatoms. The van der Waals surface area contributed by atoms with E-state index >= 15 is 0 Å². The molecule has 2 aromatic carbocycles. The number of aryl methyl sites for hydroxylation is 1. The second-order valence-electron chi connectivity index (χ2n) is 7.28. The highest BCUT2D eigenvalue weighted by Crippen LogP contribution is 2.29. The minimum Gasteiger partial charge on any atom is -0.356 e. The van der Waals surface area contributed by atoms with Crippen LogP contribution in [0.15, 0.2) is 60.1 Å². The van der Waals surface area contributed by atoms with Gasteiger partial charge in [-0.25, -0.2) is 14.4 Å². The molecular weight excluding hydrogens is 459 g/mol. The minimum absolute atomic E-state index is 0.0161. The van der Waals surface area contributed by atoms with Crippen LogP contribution in [0.5, 0.6) is 0 Å². The van der Waals surface area contributed by atoms with Gasteiger partial charge in [0.1, 0.15) is 15.7 Å². The number of rotatable bonds is 8. The van der Waals surface area contributed by atoms with Gasteiger partial charge in [0, 0.05) is 30.0 Å². The van der Waals surface area contributed by atoms with Crippen LogP contribution in [0.1, 0.15) is 28.6 Å². The van der Waals surface area contributed by atoms with E-state index in [1.165, 1.54) is 36.1 Å². The number of carbonyl (C=O) groups excluding carboxylic acids is 2. The Morgan fingerprint density at radius 3 is 2.64 bits per heavy atom. The summed E-state index contributed by atoms with van der Waals surface area (Å²) in [6, 6.07) is 14.4. The number of thiazole rings is 2. The summed E-state index contributed by atoms with van der Waals surface area (Å²) < 4.78 is 14.0. The van der Waals surface area contributed by atoms with Crippen molar-refractivity contribution in [2.24, 2.45) is 0 Å². The topological polar surface area (TPSA) is 84.0 Å². The molecule has 4 aromatic rings. The SMILES string of the molecule is CC(=O)NCCCc1ccc(-c2csc(NC(=O)c3cnc(-c4ccccc4F)s3)n2)cc1. The lowest BCUT2D eigenvalue weighted by atomic mass is 10.1. The molecule has 4 rings (SSSR count). The van der Waals surface area contributed by atoms with Gasteiger partial charge in [-0.1, -0.05) is 36.4 Å². The number of nitrogens with one attached hydrogen (secondary N) is 2. The number of nitrogens with zero attached hydrogens (tertiary/aromatic N) is 2. The third-order valence-electron chi connectivity index (χ3n) is 4.82. The standard InChI is InChI=1S/C24H21FN4O2S2/c1-15(30)26-12-4-5-16-8-10-17(11-9-16)20-14-32-24(28-20)29-22(31)21-13-27-23(33-21)18-6-2-3-7-19(18)25/h2-3,6-11,13-14H,4-5,12H2,1H3,(H,26,30)(H,28,29,31). The van der Waals surface area contributed by atoms with Crippen molar-refractivity contribution >= 4 is 39.6 Å². The van der Waals surface area contributed by atoms with Gasteiger partial charge in [0.05, 0.1) is 11.9 Å². The largest absolute Gasteiger partial charge is 0.356 e. The zero-order valence-corrected chi connectivity index (χ0v) is 19.4. The summed E-state index contributed by atoms with van der Waals surface area (Å²) >= 11 is 2.47. The number of halogens is 1. The fraction of sp³-hybridized carbons (Fsp3) is 0.167. The third kappa shape index (κ3) is 5.88. The van der Waals surface area contributed by atoms with E-state index in [0.717, 1.165) is 35.4 Å². The molecule has 168 valence electrons. The molecule has 33 heavy (non-hydrogen) atoms. The van der Waals surface area contributed by atoms with Gasteiger partial charge in [-0.2, -0.15) is 0 Å². The lowest BCUT2D eigenvalue weighted by Gasteiger charge is -2.04. The van der Waals surface area contributed by atoms with Gasteiger partial charge < -0.3 is 5.32 Å². The highest BCUT2D eigenvalue weighted by Gasteiger charge is 2.15. The molecule has 0 aliphatic heterocycles. The number of hydrogen-bond acceptors (Lipinski definition) is 6. The van der Waals surface area contributed by atoms with Crippen LogP contribution in [0.2, 0.25) is 0 Å². The summed E-state index contributed by atoms with van der Waals surface area (Å²) in [4.78, 5) is 32.6. The average Bonchev–Trinajstić information content (AvgIpc) is 3.48. The van der Waals surface area contributed by atoms with Crippen molar-refractivity contribution in [1.29, 1.82) is 0 Å². The number of amides is 2. The molecule has 0 fully saturated rings. The zero-order chi connectivity index (χ0) is 23.2. The lowest BCUT2D eigenvalue weighted by molar-refractivity contribution is -0.118. The molecule has 0 saturated carbocycles. The lowest BCUT2D eigenvalue weighted by Crippen LogP contribution is -2.21. The first-order valence-corrected chi connectivity index (χ1v) is 12.0. The number of aromatic nitrogens is 2. The molecule has 2 N–H and O–H groups in total. The van der Waals surface area contributed by atoms with E-state index in [-0.39, 0.29) is 17.6 Å². The van der Waals surface area contributed by atoms with Crippen LogP contribution < -0.4 is 10.6 Å². The van der Waals surface area contributed by atoms with E-state index in [9.17, 15) is 14.0 Å². The van der Waals surface area contributed by atoms with E-state index in [1.807, 2.05) is 29.6 Å². The van der Waals surface area contributed by atoms with Crippen LogP contribution in [0.25, 0.3) is 21.8 Å². The number of carbonyl (C=O) groups is 2. The molecular formula is C24H21FN4O2S2.